The number of nitrogens with zero attached hydrogens (tertiary/aromatic N) is 3. The van der Waals surface area contributed by atoms with Crippen LogP contribution in [0.1, 0.15) is 57.0 Å². The first-order valence-electron chi connectivity index (χ1n) is 13.1. The van der Waals surface area contributed by atoms with Crippen LogP contribution in [0.15, 0.2) is 53.7 Å². The lowest BCUT2D eigenvalue weighted by atomic mass is 9.90. The smallest absolute Gasteiger partial charge is 0.281 e. The highest BCUT2D eigenvalue weighted by molar-refractivity contribution is 7.90. The predicted octanol–water partition coefficient (Wildman–Crippen LogP) is 4.81. The number of nitrogens with two attached hydrogens (primary N) is 1. The third kappa shape index (κ3) is 6.16. The molecule has 3 aromatic rings. The van der Waals surface area contributed by atoms with Gasteiger partial charge in [0.1, 0.15) is 17.4 Å². The fourth-order valence-corrected chi connectivity index (χ4v) is 5.62. The normalized spacial score (nSPS) is 16.9. The molecular formula is C29H37N5O4S. The first-order valence-corrected chi connectivity index (χ1v) is 14.6. The van der Waals surface area contributed by atoms with Crippen LogP contribution in [0.5, 0.6) is 5.75 Å². The number of carbonyl (C=O) groups is 1. The summed E-state index contributed by atoms with van der Waals surface area (Å²) in [6.45, 7) is 13.8. The molecule has 208 valence electrons. The Hall–Kier alpha value is -3.66. The molecule has 1 saturated heterocycles. The van der Waals surface area contributed by atoms with E-state index in [0.29, 0.717) is 36.4 Å². The van der Waals surface area contributed by atoms with Crippen molar-refractivity contribution < 1.29 is 17.9 Å². The van der Waals surface area contributed by atoms with E-state index in [4.69, 9.17) is 15.5 Å². The molecule has 0 bridgehead atoms. The molecule has 1 aliphatic heterocycles. The Kier molecular flexibility index (Phi) is 7.88. The van der Waals surface area contributed by atoms with Crippen LogP contribution >= 0.6 is 0 Å². The molecule has 3 N–H and O–H groups in total. The number of aromatic nitrogens is 2. The lowest BCUT2D eigenvalue weighted by Crippen LogP contribution is -2.43. The number of nitrogen functional groups attached to an aromatic ring is 1. The minimum atomic E-state index is -4.27. The van der Waals surface area contributed by atoms with Crippen molar-refractivity contribution in [1.82, 2.24) is 14.7 Å². The van der Waals surface area contributed by atoms with Gasteiger partial charge < -0.3 is 15.4 Å². The number of nitrogens with one attached hydrogen (secondary N) is 1. The number of pyridine rings is 2. The first-order chi connectivity index (χ1) is 18.3. The average molecular weight is 552 g/mol. The maximum Gasteiger partial charge on any atom is 0.281 e. The van der Waals surface area contributed by atoms with Crippen LogP contribution in [0.2, 0.25) is 0 Å². The number of hydrogen-bond donors (Lipinski definition) is 2. The molecule has 10 heteroatoms. The van der Waals surface area contributed by atoms with Gasteiger partial charge in [0.2, 0.25) is 0 Å². The number of benzene rings is 1. The second kappa shape index (κ2) is 10.8. The van der Waals surface area contributed by atoms with Gasteiger partial charge >= 0.3 is 0 Å². The van der Waals surface area contributed by atoms with Gasteiger partial charge in [-0.3, -0.25) is 4.79 Å². The number of aryl methyl sites for hydroxylation is 1. The van der Waals surface area contributed by atoms with Gasteiger partial charge in [0, 0.05) is 23.8 Å². The molecule has 9 nitrogen and oxygen atoms in total. The van der Waals surface area contributed by atoms with Gasteiger partial charge in [0.25, 0.3) is 15.9 Å². The molecule has 3 heterocycles. The topological polar surface area (TPSA) is 128 Å². The number of hydrogen-bond acceptors (Lipinski definition) is 8. The van der Waals surface area contributed by atoms with Gasteiger partial charge in [-0.05, 0) is 80.5 Å². The summed E-state index contributed by atoms with van der Waals surface area (Å²) in [5, 5.41) is -0.331. The predicted molar refractivity (Wildman–Crippen MR) is 153 cm³/mol. The van der Waals surface area contributed by atoms with Crippen molar-refractivity contribution >= 4 is 27.6 Å². The highest BCUT2D eigenvalue weighted by atomic mass is 32.2. The van der Waals surface area contributed by atoms with Crippen molar-refractivity contribution in [1.29, 1.82) is 0 Å². The highest BCUT2D eigenvalue weighted by Crippen LogP contribution is 2.39. The van der Waals surface area contributed by atoms with Crippen molar-refractivity contribution in [3.63, 3.8) is 0 Å². The molecule has 0 radical (unpaired) electrons. The Morgan fingerprint density at radius 2 is 1.95 bits per heavy atom. The van der Waals surface area contributed by atoms with Crippen molar-refractivity contribution in [3.8, 4) is 16.9 Å². The van der Waals surface area contributed by atoms with Gasteiger partial charge in [-0.15, -0.1) is 0 Å². The minimum absolute atomic E-state index is 0.0393. The molecule has 1 atom stereocenters. The van der Waals surface area contributed by atoms with E-state index in [1.807, 2.05) is 25.1 Å². The summed E-state index contributed by atoms with van der Waals surface area (Å²) in [6.07, 6.45) is 2.65. The lowest BCUT2D eigenvalue weighted by Gasteiger charge is -2.36. The maximum absolute atomic E-state index is 13.6. The average Bonchev–Trinajstić information content (AvgIpc) is 3.13. The third-order valence-electron chi connectivity index (χ3n) is 7.27. The second-order valence-corrected chi connectivity index (χ2v) is 12.8. The van der Waals surface area contributed by atoms with Gasteiger partial charge in [0.15, 0.2) is 5.03 Å². The summed E-state index contributed by atoms with van der Waals surface area (Å²) in [5.74, 6) is 1.13. The van der Waals surface area contributed by atoms with Gasteiger partial charge in [-0.1, -0.05) is 32.9 Å². The summed E-state index contributed by atoms with van der Waals surface area (Å²) >= 11 is 0. The number of sulfonamides is 1. The molecule has 0 saturated carbocycles. The zero-order chi connectivity index (χ0) is 28.5. The Morgan fingerprint density at radius 1 is 1.21 bits per heavy atom. The van der Waals surface area contributed by atoms with E-state index in [-0.39, 0.29) is 21.9 Å². The quantitative estimate of drug-likeness (QED) is 0.408. The molecule has 1 aliphatic rings. The molecule has 1 aromatic carbocycles. The molecule has 1 unspecified atom stereocenters. The summed E-state index contributed by atoms with van der Waals surface area (Å²) in [6, 6.07) is 11.8. The molecule has 0 aliphatic carbocycles. The van der Waals surface area contributed by atoms with Gasteiger partial charge in [0.05, 0.1) is 12.2 Å². The summed E-state index contributed by atoms with van der Waals surface area (Å²) in [4.78, 5) is 24.3. The van der Waals surface area contributed by atoms with Crippen LogP contribution in [0, 0.1) is 18.8 Å². The van der Waals surface area contributed by atoms with E-state index in [1.165, 1.54) is 18.2 Å². The second-order valence-electron chi connectivity index (χ2n) is 11.2. The molecule has 39 heavy (non-hydrogen) atoms. The van der Waals surface area contributed by atoms with E-state index in [0.717, 1.165) is 23.3 Å². The standard InChI is InChI=1S/C29H37N5O4S/c1-18(2)17-38-23-13-19(3)12-21(14-23)22-15-24(27(31-16-22)34-11-10-20(4)29(34,5)6)28(35)33-39(36,37)26-9-7-8-25(30)32-26/h7-9,12-16,18,20H,10-11,17H2,1-6H3,(H2,30,32)(H,33,35). The van der Waals surface area contributed by atoms with Gasteiger partial charge in [-0.2, -0.15) is 8.42 Å². The van der Waals surface area contributed by atoms with Crippen molar-refractivity contribution in [2.24, 2.45) is 11.8 Å². The maximum atomic E-state index is 13.6. The summed E-state index contributed by atoms with van der Waals surface area (Å²) < 4.78 is 34.2. The van der Waals surface area contributed by atoms with E-state index in [9.17, 15) is 13.2 Å². The first kappa shape index (κ1) is 28.4. The Labute approximate surface area is 230 Å². The van der Waals surface area contributed by atoms with Crippen LogP contribution in [0.25, 0.3) is 11.1 Å². The van der Waals surface area contributed by atoms with Crippen molar-refractivity contribution in [2.45, 2.75) is 58.5 Å². The van der Waals surface area contributed by atoms with Crippen molar-refractivity contribution in [3.05, 3.63) is 59.8 Å². The minimum Gasteiger partial charge on any atom is -0.493 e. The van der Waals surface area contributed by atoms with Gasteiger partial charge in [-0.25, -0.2) is 14.7 Å². The summed E-state index contributed by atoms with van der Waals surface area (Å²) in [5.41, 5.74) is 8.04. The Balaban J connectivity index is 1.78. The zero-order valence-corrected chi connectivity index (χ0v) is 24.2. The third-order valence-corrected chi connectivity index (χ3v) is 8.50. The number of ether oxygens (including phenoxy) is 1. The molecule has 4 rings (SSSR count). The number of rotatable bonds is 8. The molecule has 0 spiro atoms. The fourth-order valence-electron chi connectivity index (χ4n) is 4.68. The fraction of sp³-hybridized carbons (Fsp3) is 0.414. The van der Waals surface area contributed by atoms with Crippen LogP contribution in [-0.2, 0) is 10.0 Å². The molecule has 1 fully saturated rings. The molecule has 1 amide bonds. The number of amides is 1. The van der Waals surface area contributed by atoms with Crippen LogP contribution < -0.4 is 20.1 Å². The van der Waals surface area contributed by atoms with E-state index < -0.39 is 15.9 Å². The van der Waals surface area contributed by atoms with E-state index in [1.54, 1.807) is 12.3 Å². The van der Waals surface area contributed by atoms with E-state index >= 15 is 0 Å². The van der Waals surface area contributed by atoms with Crippen molar-refractivity contribution in [2.75, 3.05) is 23.8 Å². The SMILES string of the molecule is Cc1cc(OCC(C)C)cc(-c2cnc(N3CCC(C)C3(C)C)c(C(=O)NS(=O)(=O)c3cccc(N)n3)c2)c1. The zero-order valence-electron chi connectivity index (χ0n) is 23.4. The number of carbonyl (C=O) groups excluding carboxylic acids is 1. The highest BCUT2D eigenvalue weighted by Gasteiger charge is 2.41. The summed E-state index contributed by atoms with van der Waals surface area (Å²) in [7, 11) is -4.27. The van der Waals surface area contributed by atoms with Crippen LogP contribution in [0.3, 0.4) is 0 Å². The lowest BCUT2D eigenvalue weighted by molar-refractivity contribution is 0.0981. The number of anilines is 2. The molecular weight excluding hydrogens is 514 g/mol. The monoisotopic (exact) mass is 551 g/mol. The largest absolute Gasteiger partial charge is 0.493 e. The van der Waals surface area contributed by atoms with Crippen LogP contribution in [-0.4, -0.2) is 43.0 Å². The van der Waals surface area contributed by atoms with E-state index in [2.05, 4.69) is 49.2 Å². The molecule has 2 aromatic heterocycles. The Bertz CT molecular complexity index is 1490. The Morgan fingerprint density at radius 3 is 2.59 bits per heavy atom. The van der Waals surface area contributed by atoms with Crippen LogP contribution in [0.4, 0.5) is 11.6 Å².